The lowest BCUT2D eigenvalue weighted by atomic mass is 9.90. The number of fused-ring (bicyclic) bond motifs is 1. The van der Waals surface area contributed by atoms with Gasteiger partial charge < -0.3 is 4.90 Å². The van der Waals surface area contributed by atoms with Crippen molar-refractivity contribution < 1.29 is 13.2 Å². The molecule has 7 heteroatoms. The van der Waals surface area contributed by atoms with E-state index in [-0.39, 0.29) is 16.1 Å². The van der Waals surface area contributed by atoms with E-state index in [9.17, 15) is 13.2 Å². The molecule has 2 aliphatic rings. The van der Waals surface area contributed by atoms with Crippen molar-refractivity contribution in [1.29, 1.82) is 5.26 Å². The van der Waals surface area contributed by atoms with Crippen molar-refractivity contribution in [2.24, 2.45) is 17.3 Å². The second-order valence-electron chi connectivity index (χ2n) is 9.46. The van der Waals surface area contributed by atoms with Crippen molar-refractivity contribution in [1.82, 2.24) is 9.80 Å². The first-order valence-corrected chi connectivity index (χ1v) is 11.9. The Labute approximate surface area is 174 Å². The van der Waals surface area contributed by atoms with E-state index in [4.69, 9.17) is 5.26 Å². The Kier molecular flexibility index (Phi) is 6.47. The van der Waals surface area contributed by atoms with Crippen molar-refractivity contribution in [2.45, 2.75) is 32.1 Å². The van der Waals surface area contributed by atoms with Crippen LogP contribution in [-0.2, 0) is 14.6 Å². The number of rotatable bonds is 7. The Morgan fingerprint density at radius 3 is 2.14 bits per heavy atom. The van der Waals surface area contributed by atoms with E-state index in [1.54, 1.807) is 12.1 Å². The Balaban J connectivity index is 1.43. The van der Waals surface area contributed by atoms with Crippen LogP contribution in [0.25, 0.3) is 0 Å². The normalized spacial score (nSPS) is 23.1. The van der Waals surface area contributed by atoms with E-state index in [2.05, 4.69) is 9.80 Å². The molecule has 0 saturated carbocycles. The van der Waals surface area contributed by atoms with Gasteiger partial charge in [-0.15, -0.1) is 0 Å². The molecule has 0 amide bonds. The molecule has 0 bridgehead atoms. The van der Waals surface area contributed by atoms with Gasteiger partial charge in [0.05, 0.1) is 28.8 Å². The second kappa shape index (κ2) is 8.55. The van der Waals surface area contributed by atoms with Gasteiger partial charge in [-0.25, -0.2) is 8.42 Å². The number of ketones is 1. The number of hydrogen-bond acceptors (Lipinski definition) is 6. The SMILES string of the molecule is CC(C)(C)C(=O)CN1CC2CN(CCCS(=O)(=O)c3ccc(C#N)cc3)CC2C1. The van der Waals surface area contributed by atoms with Crippen LogP contribution < -0.4 is 0 Å². The second-order valence-corrected chi connectivity index (χ2v) is 11.6. The lowest BCUT2D eigenvalue weighted by Crippen LogP contribution is -2.37. The number of nitriles is 1. The molecule has 0 radical (unpaired) electrons. The van der Waals surface area contributed by atoms with Gasteiger partial charge in [-0.1, -0.05) is 20.8 Å². The zero-order chi connectivity index (χ0) is 21.2. The summed E-state index contributed by atoms with van der Waals surface area (Å²) >= 11 is 0. The average molecular weight is 418 g/mol. The van der Waals surface area contributed by atoms with Gasteiger partial charge in [0, 0.05) is 31.6 Å². The zero-order valence-corrected chi connectivity index (χ0v) is 18.4. The summed E-state index contributed by atoms with van der Waals surface area (Å²) in [6.45, 7) is 11.1. The predicted molar refractivity (Wildman–Crippen MR) is 112 cm³/mol. The van der Waals surface area contributed by atoms with Gasteiger partial charge in [-0.3, -0.25) is 9.69 Å². The maximum atomic E-state index is 12.5. The number of Topliss-reactive ketones (excluding diaryl/α,β-unsaturated/α-hetero) is 1. The lowest BCUT2D eigenvalue weighted by Gasteiger charge is -2.24. The highest BCUT2D eigenvalue weighted by Gasteiger charge is 2.40. The highest BCUT2D eigenvalue weighted by atomic mass is 32.2. The van der Waals surface area contributed by atoms with E-state index in [1.165, 1.54) is 12.1 Å². The van der Waals surface area contributed by atoms with Crippen LogP contribution in [0.5, 0.6) is 0 Å². The zero-order valence-electron chi connectivity index (χ0n) is 17.6. The van der Waals surface area contributed by atoms with E-state index in [0.717, 1.165) is 32.7 Å². The molecule has 1 aromatic carbocycles. The summed E-state index contributed by atoms with van der Waals surface area (Å²) in [4.78, 5) is 17.2. The van der Waals surface area contributed by atoms with Crippen molar-refractivity contribution in [3.63, 3.8) is 0 Å². The van der Waals surface area contributed by atoms with Crippen LogP contribution in [0.3, 0.4) is 0 Å². The average Bonchev–Trinajstić information content (AvgIpc) is 3.18. The molecule has 0 aromatic heterocycles. The Morgan fingerprint density at radius 1 is 1.07 bits per heavy atom. The van der Waals surface area contributed by atoms with Crippen LogP contribution in [-0.4, -0.2) is 69.0 Å². The number of sulfone groups is 1. The summed E-state index contributed by atoms with van der Waals surface area (Å²) in [6.07, 6.45) is 0.605. The number of nitrogens with zero attached hydrogens (tertiary/aromatic N) is 3. The van der Waals surface area contributed by atoms with Crippen LogP contribution in [0.15, 0.2) is 29.2 Å². The monoisotopic (exact) mass is 417 g/mol. The molecule has 1 aromatic rings. The summed E-state index contributed by atoms with van der Waals surface area (Å²) in [6, 6.07) is 8.13. The Bertz CT molecular complexity index is 867. The number of benzene rings is 1. The van der Waals surface area contributed by atoms with Gasteiger partial charge in [0.2, 0.25) is 0 Å². The highest BCUT2D eigenvalue weighted by molar-refractivity contribution is 7.91. The molecular weight excluding hydrogens is 386 g/mol. The molecule has 29 heavy (non-hydrogen) atoms. The van der Waals surface area contributed by atoms with Gasteiger partial charge in [-0.05, 0) is 49.1 Å². The Hall–Kier alpha value is -1.75. The molecule has 6 nitrogen and oxygen atoms in total. The molecule has 2 saturated heterocycles. The summed E-state index contributed by atoms with van der Waals surface area (Å²) in [7, 11) is -3.31. The van der Waals surface area contributed by atoms with Gasteiger partial charge in [0.15, 0.2) is 15.6 Å². The summed E-state index contributed by atoms with van der Waals surface area (Å²) < 4.78 is 25.0. The van der Waals surface area contributed by atoms with Gasteiger partial charge in [0.1, 0.15) is 0 Å². The minimum Gasteiger partial charge on any atom is -0.303 e. The third kappa shape index (κ3) is 5.44. The first kappa shape index (κ1) is 21.9. The number of carbonyl (C=O) groups excluding carboxylic acids is 1. The maximum absolute atomic E-state index is 12.5. The van der Waals surface area contributed by atoms with Crippen LogP contribution >= 0.6 is 0 Å². The largest absolute Gasteiger partial charge is 0.303 e. The number of likely N-dealkylation sites (tertiary alicyclic amines) is 2. The predicted octanol–water partition coefficient (Wildman–Crippen LogP) is 2.20. The van der Waals surface area contributed by atoms with E-state index < -0.39 is 9.84 Å². The third-order valence-electron chi connectivity index (χ3n) is 6.07. The molecule has 2 atom stereocenters. The molecule has 2 unspecified atom stereocenters. The smallest absolute Gasteiger partial charge is 0.178 e. The molecule has 2 fully saturated rings. The van der Waals surface area contributed by atoms with Crippen molar-refractivity contribution in [3.05, 3.63) is 29.8 Å². The minimum absolute atomic E-state index is 0.122. The summed E-state index contributed by atoms with van der Waals surface area (Å²) in [5.74, 6) is 1.58. The molecular formula is C22H31N3O3S. The van der Waals surface area contributed by atoms with Crippen molar-refractivity contribution in [2.75, 3.05) is 45.0 Å². The fourth-order valence-corrected chi connectivity index (χ4v) is 5.57. The Morgan fingerprint density at radius 2 is 1.62 bits per heavy atom. The van der Waals surface area contributed by atoms with E-state index in [1.807, 2.05) is 26.8 Å². The number of hydrogen-bond donors (Lipinski definition) is 0. The minimum atomic E-state index is -3.31. The van der Waals surface area contributed by atoms with E-state index >= 15 is 0 Å². The topological polar surface area (TPSA) is 81.5 Å². The molecule has 0 N–H and O–H groups in total. The molecule has 2 heterocycles. The van der Waals surface area contributed by atoms with Gasteiger partial charge in [0.25, 0.3) is 0 Å². The molecule has 0 spiro atoms. The van der Waals surface area contributed by atoms with Crippen LogP contribution in [0.2, 0.25) is 0 Å². The maximum Gasteiger partial charge on any atom is 0.178 e. The van der Waals surface area contributed by atoms with E-state index in [0.29, 0.717) is 36.1 Å². The van der Waals surface area contributed by atoms with Crippen molar-refractivity contribution in [3.8, 4) is 6.07 Å². The molecule has 158 valence electrons. The van der Waals surface area contributed by atoms with Gasteiger partial charge >= 0.3 is 0 Å². The summed E-state index contributed by atoms with van der Waals surface area (Å²) in [5.41, 5.74) is 0.176. The standard InChI is InChI=1S/C22H31N3O3S/c1-22(2,3)21(26)16-25-14-18-12-24(13-19(18)15-25)9-4-10-29(27,28)20-7-5-17(11-23)6-8-20/h5-8,18-19H,4,9-10,12-16H2,1-3H3. The summed E-state index contributed by atoms with van der Waals surface area (Å²) in [5, 5.41) is 8.83. The highest BCUT2D eigenvalue weighted by Crippen LogP contribution is 2.31. The molecule has 3 rings (SSSR count). The van der Waals surface area contributed by atoms with Crippen LogP contribution in [0.1, 0.15) is 32.8 Å². The molecule has 0 aliphatic carbocycles. The quantitative estimate of drug-likeness (QED) is 0.677. The van der Waals surface area contributed by atoms with Crippen LogP contribution in [0.4, 0.5) is 0 Å². The first-order chi connectivity index (χ1) is 13.6. The van der Waals surface area contributed by atoms with Crippen LogP contribution in [0, 0.1) is 28.6 Å². The number of carbonyl (C=O) groups is 1. The van der Waals surface area contributed by atoms with Gasteiger partial charge in [-0.2, -0.15) is 5.26 Å². The fraction of sp³-hybridized carbons (Fsp3) is 0.636. The molecule has 2 aliphatic heterocycles. The lowest BCUT2D eigenvalue weighted by molar-refractivity contribution is -0.127. The third-order valence-corrected chi connectivity index (χ3v) is 7.89. The van der Waals surface area contributed by atoms with Crippen molar-refractivity contribution >= 4 is 15.6 Å². The fourth-order valence-electron chi connectivity index (χ4n) is 4.27. The first-order valence-electron chi connectivity index (χ1n) is 10.3.